The number of hydrogen-bond acceptors (Lipinski definition) is 2. The molecule has 1 atom stereocenters. The number of methoxy groups -OCH3 is 1. The number of esters is 1. The maximum absolute atomic E-state index is 13.6. The van der Waals surface area contributed by atoms with Gasteiger partial charge >= 0.3 is 5.97 Å². The van der Waals surface area contributed by atoms with E-state index < -0.39 is 34.9 Å². The molecule has 0 amide bonds. The van der Waals surface area contributed by atoms with Crippen molar-refractivity contribution in [2.24, 2.45) is 5.92 Å². The monoisotopic (exact) mass is 244 g/mol. The van der Waals surface area contributed by atoms with Crippen LogP contribution in [0, 0.1) is 23.4 Å². The van der Waals surface area contributed by atoms with Crippen molar-refractivity contribution in [3.05, 3.63) is 35.1 Å². The van der Waals surface area contributed by atoms with Gasteiger partial charge in [0.2, 0.25) is 0 Å². The van der Waals surface area contributed by atoms with Crippen LogP contribution < -0.4 is 0 Å². The number of carbonyl (C=O) groups excluding carboxylic acids is 1. The molecule has 2 rings (SSSR count). The summed E-state index contributed by atoms with van der Waals surface area (Å²) in [5, 5.41) is 0. The second kappa shape index (κ2) is 4.39. The molecule has 92 valence electrons. The van der Waals surface area contributed by atoms with Crippen molar-refractivity contribution >= 4 is 5.97 Å². The van der Waals surface area contributed by atoms with Crippen LogP contribution in [0.15, 0.2) is 12.1 Å². The topological polar surface area (TPSA) is 26.3 Å². The van der Waals surface area contributed by atoms with Crippen LogP contribution in [-0.4, -0.2) is 13.1 Å². The minimum atomic E-state index is -1.30. The van der Waals surface area contributed by atoms with Gasteiger partial charge in [-0.05, 0) is 30.9 Å². The summed E-state index contributed by atoms with van der Waals surface area (Å²) in [6.45, 7) is 0. The molecule has 0 aromatic heterocycles. The van der Waals surface area contributed by atoms with E-state index >= 15 is 0 Å². The minimum Gasteiger partial charge on any atom is -0.469 e. The van der Waals surface area contributed by atoms with E-state index in [1.54, 1.807) is 0 Å². The highest BCUT2D eigenvalue weighted by molar-refractivity contribution is 5.79. The first-order chi connectivity index (χ1) is 8.06. The Balaban J connectivity index is 2.49. The Bertz CT molecular complexity index is 455. The number of hydrogen-bond donors (Lipinski definition) is 0. The highest BCUT2D eigenvalue weighted by atomic mass is 19.2. The Labute approximate surface area is 96.4 Å². The Morgan fingerprint density at radius 2 is 1.88 bits per heavy atom. The molecule has 1 aromatic rings. The van der Waals surface area contributed by atoms with Crippen molar-refractivity contribution < 1.29 is 22.7 Å². The highest BCUT2D eigenvalue weighted by Crippen LogP contribution is 2.44. The molecule has 17 heavy (non-hydrogen) atoms. The summed E-state index contributed by atoms with van der Waals surface area (Å²) >= 11 is 0. The summed E-state index contributed by atoms with van der Waals surface area (Å²) in [7, 11) is 1.15. The Hall–Kier alpha value is -1.52. The molecule has 2 nitrogen and oxygen atoms in total. The van der Waals surface area contributed by atoms with Crippen LogP contribution in [0.4, 0.5) is 13.2 Å². The molecule has 1 aromatic carbocycles. The summed E-state index contributed by atoms with van der Waals surface area (Å²) in [5.74, 6) is -5.30. The number of ether oxygens (including phenoxy) is 1. The summed E-state index contributed by atoms with van der Waals surface area (Å²) in [6.07, 6.45) is 1.38. The zero-order chi connectivity index (χ0) is 12.6. The molecule has 1 saturated carbocycles. The normalized spacial score (nSPS) is 16.7. The quantitative estimate of drug-likeness (QED) is 0.603. The average Bonchev–Trinajstić information content (AvgIpc) is 3.13. The standard InChI is InChI=1S/C12H11F3O2/c1-17-12(16)9(6-2-3-6)10-7(13)4-5-8(14)11(10)15/h4-6,9H,2-3H2,1H3. The van der Waals surface area contributed by atoms with Crippen LogP contribution in [0.5, 0.6) is 0 Å². The van der Waals surface area contributed by atoms with Gasteiger partial charge in [-0.1, -0.05) is 0 Å². The lowest BCUT2D eigenvalue weighted by Crippen LogP contribution is -2.19. The van der Waals surface area contributed by atoms with Crippen LogP contribution in [-0.2, 0) is 9.53 Å². The molecule has 0 saturated heterocycles. The summed E-state index contributed by atoms with van der Waals surface area (Å²) in [4.78, 5) is 11.5. The second-order valence-electron chi connectivity index (χ2n) is 4.10. The first kappa shape index (κ1) is 12.0. The molecule has 1 aliphatic carbocycles. The third-order valence-electron chi connectivity index (χ3n) is 2.94. The van der Waals surface area contributed by atoms with Crippen molar-refractivity contribution in [1.82, 2.24) is 0 Å². The van der Waals surface area contributed by atoms with Crippen LogP contribution in [0.3, 0.4) is 0 Å². The fraction of sp³-hybridized carbons (Fsp3) is 0.417. The van der Waals surface area contributed by atoms with E-state index in [9.17, 15) is 18.0 Å². The number of rotatable bonds is 3. The van der Waals surface area contributed by atoms with Crippen LogP contribution in [0.2, 0.25) is 0 Å². The van der Waals surface area contributed by atoms with Crippen molar-refractivity contribution in [3.8, 4) is 0 Å². The highest BCUT2D eigenvalue weighted by Gasteiger charge is 2.41. The lowest BCUT2D eigenvalue weighted by Gasteiger charge is -2.15. The van der Waals surface area contributed by atoms with E-state index in [0.717, 1.165) is 13.2 Å². The molecule has 1 unspecified atom stereocenters. The van der Waals surface area contributed by atoms with Gasteiger partial charge in [0.05, 0.1) is 13.0 Å². The molecule has 0 spiro atoms. The van der Waals surface area contributed by atoms with E-state index in [4.69, 9.17) is 0 Å². The summed E-state index contributed by atoms with van der Waals surface area (Å²) < 4.78 is 44.7. The first-order valence-corrected chi connectivity index (χ1v) is 5.27. The molecule has 0 N–H and O–H groups in total. The molecule has 0 heterocycles. The average molecular weight is 244 g/mol. The fourth-order valence-electron chi connectivity index (χ4n) is 1.93. The van der Waals surface area contributed by atoms with Gasteiger partial charge in [0.1, 0.15) is 5.82 Å². The van der Waals surface area contributed by atoms with E-state index in [-0.39, 0.29) is 5.92 Å². The van der Waals surface area contributed by atoms with Crippen LogP contribution in [0.25, 0.3) is 0 Å². The maximum atomic E-state index is 13.6. The fourth-order valence-corrected chi connectivity index (χ4v) is 1.93. The van der Waals surface area contributed by atoms with E-state index in [0.29, 0.717) is 18.9 Å². The van der Waals surface area contributed by atoms with Gasteiger partial charge < -0.3 is 4.74 Å². The molecule has 5 heteroatoms. The van der Waals surface area contributed by atoms with Gasteiger partial charge in [-0.3, -0.25) is 4.79 Å². The van der Waals surface area contributed by atoms with Gasteiger partial charge in [-0.15, -0.1) is 0 Å². The predicted octanol–water partition coefficient (Wildman–Crippen LogP) is 2.77. The zero-order valence-corrected chi connectivity index (χ0v) is 9.17. The van der Waals surface area contributed by atoms with Crippen LogP contribution >= 0.6 is 0 Å². The molecular weight excluding hydrogens is 233 g/mol. The minimum absolute atomic E-state index is 0.159. The molecule has 1 aliphatic rings. The third kappa shape index (κ3) is 2.14. The van der Waals surface area contributed by atoms with Crippen molar-refractivity contribution in [1.29, 1.82) is 0 Å². The van der Waals surface area contributed by atoms with E-state index in [1.807, 2.05) is 0 Å². The molecule has 1 fully saturated rings. The van der Waals surface area contributed by atoms with E-state index in [2.05, 4.69) is 4.74 Å². The lowest BCUT2D eigenvalue weighted by molar-refractivity contribution is -0.143. The third-order valence-corrected chi connectivity index (χ3v) is 2.94. The largest absolute Gasteiger partial charge is 0.469 e. The van der Waals surface area contributed by atoms with Gasteiger partial charge in [0, 0.05) is 5.56 Å². The first-order valence-electron chi connectivity index (χ1n) is 5.27. The Morgan fingerprint density at radius 3 is 2.41 bits per heavy atom. The van der Waals surface area contributed by atoms with Crippen LogP contribution in [0.1, 0.15) is 24.3 Å². The smallest absolute Gasteiger partial charge is 0.313 e. The number of halogens is 3. The molecular formula is C12H11F3O2. The van der Waals surface area contributed by atoms with E-state index in [1.165, 1.54) is 0 Å². The SMILES string of the molecule is COC(=O)C(c1c(F)ccc(F)c1F)C1CC1. The second-order valence-corrected chi connectivity index (χ2v) is 4.10. The number of carbonyl (C=O) groups is 1. The molecule has 0 bridgehead atoms. The molecule has 0 aliphatic heterocycles. The Kier molecular flexibility index (Phi) is 3.09. The Morgan fingerprint density at radius 1 is 1.29 bits per heavy atom. The molecule has 0 radical (unpaired) electrons. The zero-order valence-electron chi connectivity index (χ0n) is 9.17. The summed E-state index contributed by atoms with van der Waals surface area (Å²) in [6, 6.07) is 1.53. The van der Waals surface area contributed by atoms with Gasteiger partial charge in [-0.25, -0.2) is 13.2 Å². The summed E-state index contributed by atoms with van der Waals surface area (Å²) in [5.41, 5.74) is -0.514. The van der Waals surface area contributed by atoms with Crippen molar-refractivity contribution in [2.75, 3.05) is 7.11 Å². The van der Waals surface area contributed by atoms with Crippen molar-refractivity contribution in [3.63, 3.8) is 0 Å². The number of benzene rings is 1. The van der Waals surface area contributed by atoms with Gasteiger partial charge in [0.15, 0.2) is 11.6 Å². The van der Waals surface area contributed by atoms with Gasteiger partial charge in [0.25, 0.3) is 0 Å². The lowest BCUT2D eigenvalue weighted by atomic mass is 9.93. The maximum Gasteiger partial charge on any atom is 0.313 e. The van der Waals surface area contributed by atoms with Crippen molar-refractivity contribution in [2.45, 2.75) is 18.8 Å². The van der Waals surface area contributed by atoms with Gasteiger partial charge in [-0.2, -0.15) is 0 Å². The predicted molar refractivity (Wildman–Crippen MR) is 53.8 cm³/mol.